The molecule has 1 fully saturated rings. The summed E-state index contributed by atoms with van der Waals surface area (Å²) in [6.07, 6.45) is 0. The van der Waals surface area contributed by atoms with E-state index >= 15 is 0 Å². The largest absolute Gasteiger partial charge is 0.378 e. The van der Waals surface area contributed by atoms with E-state index in [0.717, 1.165) is 4.47 Å². The number of benzene rings is 2. The first-order chi connectivity index (χ1) is 12.5. The lowest BCUT2D eigenvalue weighted by atomic mass is 10.1. The summed E-state index contributed by atoms with van der Waals surface area (Å²) in [5.41, 5.74) is 1.14. The van der Waals surface area contributed by atoms with E-state index in [1.54, 1.807) is 24.3 Å². The third-order valence-electron chi connectivity index (χ3n) is 3.97. The van der Waals surface area contributed by atoms with Crippen LogP contribution in [0.5, 0.6) is 0 Å². The predicted octanol–water partition coefficient (Wildman–Crippen LogP) is 4.10. The first kappa shape index (κ1) is 18.6. The van der Waals surface area contributed by atoms with Crippen LogP contribution in [0.25, 0.3) is 0 Å². The van der Waals surface area contributed by atoms with Gasteiger partial charge in [-0.2, -0.15) is 0 Å². The molecule has 0 aliphatic carbocycles. The summed E-state index contributed by atoms with van der Waals surface area (Å²) in [5, 5.41) is 14.2. The highest BCUT2D eigenvalue weighted by atomic mass is 79.9. The zero-order valence-electron chi connectivity index (χ0n) is 13.6. The number of carbonyl (C=O) groups is 1. The zero-order chi connectivity index (χ0) is 18.7. The van der Waals surface area contributed by atoms with Gasteiger partial charge >= 0.3 is 0 Å². The van der Waals surface area contributed by atoms with Crippen LogP contribution in [0.4, 0.5) is 17.1 Å². The maximum atomic E-state index is 12.8. The van der Waals surface area contributed by atoms with E-state index in [2.05, 4.69) is 21.2 Å². The van der Waals surface area contributed by atoms with Crippen molar-refractivity contribution in [3.8, 4) is 0 Å². The highest BCUT2D eigenvalue weighted by Crippen LogP contribution is 2.30. The highest BCUT2D eigenvalue weighted by molar-refractivity contribution is 9.10. The average molecular weight is 441 g/mol. The smallest absolute Gasteiger partial charge is 0.270 e. The first-order valence-corrected chi connectivity index (χ1v) is 9.00. The summed E-state index contributed by atoms with van der Waals surface area (Å²) in [5.74, 6) is -0.459. The Bertz CT molecular complexity index is 856. The van der Waals surface area contributed by atoms with Crippen molar-refractivity contribution >= 4 is 50.5 Å². The van der Waals surface area contributed by atoms with Crippen molar-refractivity contribution in [1.29, 1.82) is 0 Å². The van der Waals surface area contributed by atoms with Crippen molar-refractivity contribution in [1.82, 2.24) is 0 Å². The van der Waals surface area contributed by atoms with Gasteiger partial charge < -0.3 is 15.0 Å². The second-order valence-corrected chi connectivity index (χ2v) is 6.96. The summed E-state index contributed by atoms with van der Waals surface area (Å²) in [7, 11) is 0. The molecule has 0 spiro atoms. The molecule has 0 bridgehead atoms. The van der Waals surface area contributed by atoms with Crippen molar-refractivity contribution in [3.63, 3.8) is 0 Å². The number of amides is 1. The topological polar surface area (TPSA) is 84.7 Å². The number of anilines is 2. The molecule has 1 aliphatic heterocycles. The number of nitrogens with zero attached hydrogens (tertiary/aromatic N) is 2. The van der Waals surface area contributed by atoms with Gasteiger partial charge in [0.15, 0.2) is 0 Å². The molecular formula is C17H15BrClN3O4. The Morgan fingerprint density at radius 3 is 2.62 bits per heavy atom. The monoisotopic (exact) mass is 439 g/mol. The van der Waals surface area contributed by atoms with Gasteiger partial charge in [-0.05, 0) is 24.3 Å². The Kier molecular flexibility index (Phi) is 5.75. The van der Waals surface area contributed by atoms with Gasteiger partial charge in [0.25, 0.3) is 11.6 Å². The maximum Gasteiger partial charge on any atom is 0.270 e. The zero-order valence-corrected chi connectivity index (χ0v) is 15.9. The van der Waals surface area contributed by atoms with E-state index in [9.17, 15) is 14.9 Å². The van der Waals surface area contributed by atoms with Crippen LogP contribution in [0.2, 0.25) is 5.02 Å². The number of carbonyl (C=O) groups excluding carboxylic acids is 1. The fraction of sp³-hybridized carbons (Fsp3) is 0.235. The molecule has 0 atom stereocenters. The summed E-state index contributed by atoms with van der Waals surface area (Å²) in [6.45, 7) is 2.29. The Morgan fingerprint density at radius 1 is 1.23 bits per heavy atom. The number of nitro groups is 1. The Hall–Kier alpha value is -2.16. The standard InChI is InChI=1S/C17H15BrClN3O4/c18-11-1-3-15(14(19)9-11)20-17(23)13-10-12(22(24)25)2-4-16(13)21-5-7-26-8-6-21/h1-4,9-10H,5-8H2,(H,20,23). The molecule has 26 heavy (non-hydrogen) atoms. The van der Waals surface area contributed by atoms with Crippen molar-refractivity contribution in [2.24, 2.45) is 0 Å². The average Bonchev–Trinajstić information content (AvgIpc) is 2.64. The second kappa shape index (κ2) is 8.03. The SMILES string of the molecule is O=C(Nc1ccc(Br)cc1Cl)c1cc([N+](=O)[O-])ccc1N1CCOCC1. The summed E-state index contributed by atoms with van der Waals surface area (Å²) < 4.78 is 6.12. The van der Waals surface area contributed by atoms with Gasteiger partial charge in [-0.15, -0.1) is 0 Å². The summed E-state index contributed by atoms with van der Waals surface area (Å²) >= 11 is 9.46. The lowest BCUT2D eigenvalue weighted by molar-refractivity contribution is -0.384. The van der Waals surface area contributed by atoms with E-state index < -0.39 is 10.8 Å². The summed E-state index contributed by atoms with van der Waals surface area (Å²) in [6, 6.07) is 9.35. The molecule has 0 aromatic heterocycles. The maximum absolute atomic E-state index is 12.8. The van der Waals surface area contributed by atoms with E-state index in [1.165, 1.54) is 12.1 Å². The molecule has 2 aromatic rings. The fourth-order valence-corrected chi connectivity index (χ4v) is 3.40. The van der Waals surface area contributed by atoms with Crippen molar-refractivity contribution in [2.75, 3.05) is 36.5 Å². The van der Waals surface area contributed by atoms with E-state index in [0.29, 0.717) is 42.7 Å². The van der Waals surface area contributed by atoms with Crippen LogP contribution < -0.4 is 10.2 Å². The number of halogens is 2. The van der Waals surface area contributed by atoms with Gasteiger partial charge in [0.2, 0.25) is 0 Å². The number of nitrogens with one attached hydrogen (secondary N) is 1. The molecule has 1 saturated heterocycles. The minimum absolute atomic E-state index is 0.144. The Morgan fingerprint density at radius 2 is 1.96 bits per heavy atom. The Balaban J connectivity index is 1.95. The fourth-order valence-electron chi connectivity index (χ4n) is 2.68. The van der Waals surface area contributed by atoms with Gasteiger partial charge in [0, 0.05) is 29.7 Å². The van der Waals surface area contributed by atoms with Crippen LogP contribution in [0.3, 0.4) is 0 Å². The van der Waals surface area contributed by atoms with Crippen LogP contribution in [0.15, 0.2) is 40.9 Å². The molecule has 0 radical (unpaired) electrons. The number of hydrogen-bond donors (Lipinski definition) is 1. The first-order valence-electron chi connectivity index (χ1n) is 7.83. The van der Waals surface area contributed by atoms with Gasteiger partial charge in [-0.1, -0.05) is 27.5 Å². The van der Waals surface area contributed by atoms with Crippen LogP contribution in [-0.4, -0.2) is 37.1 Å². The second-order valence-electron chi connectivity index (χ2n) is 5.64. The number of ether oxygens (including phenoxy) is 1. The molecule has 0 unspecified atom stereocenters. The van der Waals surface area contributed by atoms with Gasteiger partial charge in [0.05, 0.1) is 40.1 Å². The quantitative estimate of drug-likeness (QED) is 0.571. The van der Waals surface area contributed by atoms with Crippen molar-refractivity contribution in [3.05, 3.63) is 61.6 Å². The lowest BCUT2D eigenvalue weighted by Gasteiger charge is -2.30. The van der Waals surface area contributed by atoms with E-state index in [-0.39, 0.29) is 11.3 Å². The van der Waals surface area contributed by atoms with Crippen LogP contribution >= 0.6 is 27.5 Å². The predicted molar refractivity (Wildman–Crippen MR) is 103 cm³/mol. The number of non-ortho nitro benzene ring substituents is 1. The van der Waals surface area contributed by atoms with Crippen LogP contribution in [-0.2, 0) is 4.74 Å². The van der Waals surface area contributed by atoms with Crippen molar-refractivity contribution < 1.29 is 14.5 Å². The van der Waals surface area contributed by atoms with Crippen LogP contribution in [0, 0.1) is 10.1 Å². The number of rotatable bonds is 4. The number of morpholine rings is 1. The molecule has 1 amide bonds. The van der Waals surface area contributed by atoms with Gasteiger partial charge in [-0.3, -0.25) is 14.9 Å². The molecule has 3 rings (SSSR count). The van der Waals surface area contributed by atoms with Crippen LogP contribution in [0.1, 0.15) is 10.4 Å². The summed E-state index contributed by atoms with van der Waals surface area (Å²) in [4.78, 5) is 25.4. The molecular weight excluding hydrogens is 426 g/mol. The number of nitro benzene ring substituents is 1. The van der Waals surface area contributed by atoms with Crippen molar-refractivity contribution in [2.45, 2.75) is 0 Å². The molecule has 9 heteroatoms. The third kappa shape index (κ3) is 4.14. The minimum Gasteiger partial charge on any atom is -0.378 e. The molecule has 1 aliphatic rings. The molecule has 1 N–H and O–H groups in total. The van der Waals surface area contributed by atoms with Gasteiger partial charge in [-0.25, -0.2) is 0 Å². The Labute approximate surface area is 163 Å². The lowest BCUT2D eigenvalue weighted by Crippen LogP contribution is -2.37. The van der Waals surface area contributed by atoms with E-state index in [1.807, 2.05) is 4.90 Å². The molecule has 136 valence electrons. The van der Waals surface area contributed by atoms with Gasteiger partial charge in [0.1, 0.15) is 0 Å². The highest BCUT2D eigenvalue weighted by Gasteiger charge is 2.22. The molecule has 1 heterocycles. The molecule has 2 aromatic carbocycles. The van der Waals surface area contributed by atoms with E-state index in [4.69, 9.17) is 16.3 Å². The number of hydrogen-bond acceptors (Lipinski definition) is 5. The minimum atomic E-state index is -0.521. The molecule has 0 saturated carbocycles. The molecule has 7 nitrogen and oxygen atoms in total. The third-order valence-corrected chi connectivity index (χ3v) is 4.77. The normalized spacial score (nSPS) is 14.2.